The van der Waals surface area contributed by atoms with Gasteiger partial charge in [-0.3, -0.25) is 0 Å². The summed E-state index contributed by atoms with van der Waals surface area (Å²) in [4.78, 5) is 6.64. The zero-order valence-electron chi connectivity index (χ0n) is 13.9. The third-order valence-corrected chi connectivity index (χ3v) is 4.51. The van der Waals surface area contributed by atoms with Crippen LogP contribution in [0.2, 0.25) is 5.15 Å². The van der Waals surface area contributed by atoms with Crippen molar-refractivity contribution in [1.29, 1.82) is 0 Å². The molecule has 4 heteroatoms. The summed E-state index contributed by atoms with van der Waals surface area (Å²) >= 11 is 6.40. The van der Waals surface area contributed by atoms with Gasteiger partial charge in [-0.2, -0.15) is 0 Å². The van der Waals surface area contributed by atoms with Crippen molar-refractivity contribution in [1.82, 2.24) is 4.98 Å². The monoisotopic (exact) mass is 347 g/mol. The molecule has 4 rings (SSSR count). The second-order valence-electron chi connectivity index (χ2n) is 6.01. The van der Waals surface area contributed by atoms with Crippen molar-refractivity contribution < 1.29 is 0 Å². The quantitative estimate of drug-likeness (QED) is 0.621. The molecule has 2 aromatic carbocycles. The van der Waals surface area contributed by atoms with Crippen molar-refractivity contribution in [2.45, 2.75) is 13.1 Å². The summed E-state index contributed by atoms with van der Waals surface area (Å²) in [6.45, 7) is 1.97. The topological polar surface area (TPSA) is 28.2 Å². The van der Waals surface area contributed by atoms with E-state index in [9.17, 15) is 0 Å². The summed E-state index contributed by atoms with van der Waals surface area (Å²) in [6.07, 6.45) is 4.14. The van der Waals surface area contributed by atoms with E-state index in [-0.39, 0.29) is 6.17 Å². The van der Waals surface area contributed by atoms with Gasteiger partial charge in [-0.1, -0.05) is 48.0 Å². The Morgan fingerprint density at radius 1 is 1.00 bits per heavy atom. The van der Waals surface area contributed by atoms with Crippen LogP contribution in [0.4, 0.5) is 17.1 Å². The number of nitrogens with one attached hydrogen (secondary N) is 1. The number of fused-ring (bicyclic) bond motifs is 1. The highest BCUT2D eigenvalue weighted by Gasteiger charge is 2.26. The van der Waals surface area contributed by atoms with E-state index in [1.807, 2.05) is 49.4 Å². The van der Waals surface area contributed by atoms with Crippen LogP contribution in [0, 0.1) is 6.92 Å². The molecular formula is C21H18ClN3. The smallest absolute Gasteiger partial charge is 0.138 e. The van der Waals surface area contributed by atoms with Gasteiger partial charge in [0.05, 0.1) is 5.69 Å². The van der Waals surface area contributed by atoms with Crippen LogP contribution >= 0.6 is 11.6 Å². The zero-order chi connectivity index (χ0) is 17.2. The standard InChI is InChI=1S/C21H18ClN3/c1-15-14-19-18(21(22)23-15)12-13-20(24-16-8-4-2-5-9-16)25(19)17-10-6-3-7-11-17/h2-14,20,24H,1H3. The van der Waals surface area contributed by atoms with Gasteiger partial charge in [0.15, 0.2) is 0 Å². The highest BCUT2D eigenvalue weighted by atomic mass is 35.5. The fourth-order valence-corrected chi connectivity index (χ4v) is 3.40. The first-order valence-corrected chi connectivity index (χ1v) is 8.61. The molecule has 0 aliphatic carbocycles. The molecule has 1 aromatic heterocycles. The van der Waals surface area contributed by atoms with Gasteiger partial charge in [-0.15, -0.1) is 0 Å². The maximum Gasteiger partial charge on any atom is 0.138 e. The van der Waals surface area contributed by atoms with Crippen molar-refractivity contribution >= 4 is 34.7 Å². The summed E-state index contributed by atoms with van der Waals surface area (Å²) in [5, 5.41) is 4.12. The number of nitrogens with zero attached hydrogens (tertiary/aromatic N) is 2. The molecule has 0 amide bonds. The number of aromatic nitrogens is 1. The molecule has 0 saturated carbocycles. The maximum atomic E-state index is 6.40. The van der Waals surface area contributed by atoms with Gasteiger partial charge in [-0.05, 0) is 49.4 Å². The summed E-state index contributed by atoms with van der Waals surface area (Å²) in [7, 11) is 0. The van der Waals surface area contributed by atoms with Crippen LogP contribution in [0.25, 0.3) is 6.08 Å². The number of rotatable bonds is 3. The van der Waals surface area contributed by atoms with Gasteiger partial charge in [0, 0.05) is 22.6 Å². The minimum atomic E-state index is -0.0184. The van der Waals surface area contributed by atoms with Gasteiger partial charge in [0.25, 0.3) is 0 Å². The van der Waals surface area contributed by atoms with Gasteiger partial charge in [0.1, 0.15) is 11.3 Å². The molecule has 124 valence electrons. The molecule has 3 aromatic rings. The number of pyridine rings is 1. The van der Waals surface area contributed by atoms with Crippen LogP contribution in [0.15, 0.2) is 72.8 Å². The highest BCUT2D eigenvalue weighted by Crippen LogP contribution is 2.38. The summed E-state index contributed by atoms with van der Waals surface area (Å²) in [5.74, 6) is 0. The van der Waals surface area contributed by atoms with Gasteiger partial charge in [-0.25, -0.2) is 4.98 Å². The van der Waals surface area contributed by atoms with E-state index in [1.54, 1.807) is 0 Å². The summed E-state index contributed by atoms with van der Waals surface area (Å²) in [6, 6.07) is 22.6. The van der Waals surface area contributed by atoms with Crippen molar-refractivity contribution in [3.8, 4) is 0 Å². The minimum absolute atomic E-state index is 0.0184. The van der Waals surface area contributed by atoms with E-state index >= 15 is 0 Å². The molecule has 0 fully saturated rings. The summed E-state index contributed by atoms with van der Waals surface area (Å²) < 4.78 is 0. The zero-order valence-corrected chi connectivity index (χ0v) is 14.6. The lowest BCUT2D eigenvalue weighted by molar-refractivity contribution is 0.869. The number of halogens is 1. The Morgan fingerprint density at radius 3 is 2.40 bits per heavy atom. The Bertz CT molecular complexity index is 907. The van der Waals surface area contributed by atoms with Crippen LogP contribution in [0.5, 0.6) is 0 Å². The Labute approximate surface area is 152 Å². The second-order valence-corrected chi connectivity index (χ2v) is 6.37. The van der Waals surface area contributed by atoms with E-state index < -0.39 is 0 Å². The molecule has 25 heavy (non-hydrogen) atoms. The molecular weight excluding hydrogens is 330 g/mol. The number of hydrogen-bond acceptors (Lipinski definition) is 3. The van der Waals surface area contributed by atoms with E-state index in [1.165, 1.54) is 0 Å². The van der Waals surface area contributed by atoms with Crippen molar-refractivity contribution in [2.24, 2.45) is 0 Å². The van der Waals surface area contributed by atoms with E-state index in [2.05, 4.69) is 51.6 Å². The molecule has 1 unspecified atom stereocenters. The van der Waals surface area contributed by atoms with Gasteiger partial charge < -0.3 is 10.2 Å². The number of anilines is 3. The first-order valence-electron chi connectivity index (χ1n) is 8.23. The van der Waals surface area contributed by atoms with Crippen LogP contribution in [-0.2, 0) is 0 Å². The predicted molar refractivity (Wildman–Crippen MR) is 105 cm³/mol. The lowest BCUT2D eigenvalue weighted by Crippen LogP contribution is -2.38. The normalized spacial score (nSPS) is 15.8. The highest BCUT2D eigenvalue weighted by molar-refractivity contribution is 6.31. The third kappa shape index (κ3) is 3.11. The molecule has 1 aliphatic rings. The maximum absolute atomic E-state index is 6.40. The molecule has 0 bridgehead atoms. The Hall–Kier alpha value is -2.78. The van der Waals surface area contributed by atoms with Crippen LogP contribution in [-0.4, -0.2) is 11.1 Å². The molecule has 0 saturated heterocycles. The van der Waals surface area contributed by atoms with Crippen molar-refractivity contribution in [3.05, 3.63) is 89.2 Å². The number of aryl methyl sites for hydroxylation is 1. The first kappa shape index (κ1) is 15.7. The fraction of sp³-hybridized carbons (Fsp3) is 0.0952. The largest absolute Gasteiger partial charge is 0.362 e. The number of benzene rings is 2. The second kappa shape index (κ2) is 6.61. The molecule has 3 nitrogen and oxygen atoms in total. The average Bonchev–Trinajstić information content (AvgIpc) is 2.63. The molecule has 1 N–H and O–H groups in total. The minimum Gasteiger partial charge on any atom is -0.362 e. The molecule has 0 spiro atoms. The van der Waals surface area contributed by atoms with Crippen LogP contribution in [0.1, 0.15) is 11.3 Å². The van der Waals surface area contributed by atoms with Crippen LogP contribution < -0.4 is 10.2 Å². The molecule has 1 aliphatic heterocycles. The Balaban J connectivity index is 1.82. The average molecular weight is 348 g/mol. The molecule has 2 heterocycles. The van der Waals surface area contributed by atoms with E-state index in [0.29, 0.717) is 5.15 Å². The lowest BCUT2D eigenvalue weighted by Gasteiger charge is -2.37. The number of hydrogen-bond donors (Lipinski definition) is 1. The fourth-order valence-electron chi connectivity index (χ4n) is 3.11. The van der Waals surface area contributed by atoms with Crippen LogP contribution in [0.3, 0.4) is 0 Å². The third-order valence-electron chi connectivity index (χ3n) is 4.22. The lowest BCUT2D eigenvalue weighted by atomic mass is 10.1. The first-order chi connectivity index (χ1) is 12.2. The van der Waals surface area contributed by atoms with Gasteiger partial charge >= 0.3 is 0 Å². The Kier molecular flexibility index (Phi) is 4.16. The van der Waals surface area contributed by atoms with Crippen molar-refractivity contribution in [3.63, 3.8) is 0 Å². The van der Waals surface area contributed by atoms with Gasteiger partial charge in [0.2, 0.25) is 0 Å². The number of para-hydroxylation sites is 2. The van der Waals surface area contributed by atoms with Crippen molar-refractivity contribution in [2.75, 3.05) is 10.2 Å². The predicted octanol–water partition coefficient (Wildman–Crippen LogP) is 5.65. The SMILES string of the molecule is Cc1cc2c(c(Cl)n1)C=CC(Nc1ccccc1)N2c1ccccc1. The molecule has 0 radical (unpaired) electrons. The molecule has 1 atom stereocenters. The van der Waals surface area contributed by atoms with E-state index in [4.69, 9.17) is 11.6 Å². The Morgan fingerprint density at radius 2 is 1.68 bits per heavy atom. The summed E-state index contributed by atoms with van der Waals surface area (Å²) in [5.41, 5.74) is 5.07. The van der Waals surface area contributed by atoms with E-state index in [0.717, 1.165) is 28.3 Å².